The highest BCUT2D eigenvalue weighted by Gasteiger charge is 2.27. The smallest absolute Gasteiger partial charge is 0.237 e. The summed E-state index contributed by atoms with van der Waals surface area (Å²) in [4.78, 5) is 11.7. The van der Waals surface area contributed by atoms with Gasteiger partial charge in [0.05, 0.1) is 12.1 Å². The summed E-state index contributed by atoms with van der Waals surface area (Å²) in [7, 11) is 0. The monoisotopic (exact) mass is 252 g/mol. The predicted molar refractivity (Wildman–Crippen MR) is 65.4 cm³/mol. The van der Waals surface area contributed by atoms with Crippen molar-refractivity contribution >= 4 is 5.91 Å². The van der Waals surface area contributed by atoms with Crippen molar-refractivity contribution in [1.29, 1.82) is 0 Å². The summed E-state index contributed by atoms with van der Waals surface area (Å²) in [5, 5.41) is 15.0. The Morgan fingerprint density at radius 1 is 1.61 bits per heavy atom. The van der Waals surface area contributed by atoms with Crippen molar-refractivity contribution in [3.63, 3.8) is 0 Å². The van der Waals surface area contributed by atoms with Crippen LogP contribution >= 0.6 is 0 Å². The molecule has 1 fully saturated rings. The van der Waals surface area contributed by atoms with Gasteiger partial charge in [-0.3, -0.25) is 4.79 Å². The van der Waals surface area contributed by atoms with Crippen LogP contribution in [-0.2, 0) is 11.3 Å². The largest absolute Gasteiger partial charge is 0.392 e. The first-order chi connectivity index (χ1) is 8.56. The van der Waals surface area contributed by atoms with Crippen molar-refractivity contribution in [2.45, 2.75) is 32.0 Å². The van der Waals surface area contributed by atoms with Gasteiger partial charge in [0.15, 0.2) is 0 Å². The number of aliphatic hydroxyl groups is 1. The maximum Gasteiger partial charge on any atom is 0.237 e. The number of amides is 1. The first-order valence-corrected chi connectivity index (χ1v) is 6.00. The van der Waals surface area contributed by atoms with Gasteiger partial charge in [-0.15, -0.1) is 0 Å². The minimum absolute atomic E-state index is 0.160. The second-order valence-corrected chi connectivity index (χ2v) is 4.65. The number of hydrogen-bond donors (Lipinski definition) is 3. The molecular formula is C13H17FN2O2. The summed E-state index contributed by atoms with van der Waals surface area (Å²) in [5.41, 5.74) is 1.32. The molecule has 4 nitrogen and oxygen atoms in total. The van der Waals surface area contributed by atoms with E-state index in [-0.39, 0.29) is 17.8 Å². The summed E-state index contributed by atoms with van der Waals surface area (Å²) in [6.07, 6.45) is -0.0359. The van der Waals surface area contributed by atoms with E-state index < -0.39 is 6.10 Å². The number of aryl methyl sites for hydroxylation is 1. The Labute approximate surface area is 105 Å². The molecule has 2 rings (SSSR count). The lowest BCUT2D eigenvalue weighted by atomic mass is 10.1. The average molecular weight is 252 g/mol. The van der Waals surface area contributed by atoms with E-state index in [4.69, 9.17) is 0 Å². The molecule has 0 spiro atoms. The highest BCUT2D eigenvalue weighted by molar-refractivity contribution is 5.82. The molecule has 5 heteroatoms. The standard InChI is InChI=1S/C13H17FN2O2/c1-8-2-3-9(4-11(8)14)6-16-13(18)12-5-10(17)7-15-12/h2-4,10,12,15,17H,5-7H2,1H3,(H,16,18)/t10-,12-/m1/s1. The average Bonchev–Trinajstić information content (AvgIpc) is 2.77. The molecule has 2 atom stereocenters. The molecular weight excluding hydrogens is 235 g/mol. The van der Waals surface area contributed by atoms with Crippen LogP contribution in [0.4, 0.5) is 4.39 Å². The van der Waals surface area contributed by atoms with Crippen LogP contribution in [0.5, 0.6) is 0 Å². The molecule has 3 N–H and O–H groups in total. The van der Waals surface area contributed by atoms with Crippen LogP contribution < -0.4 is 10.6 Å². The zero-order chi connectivity index (χ0) is 13.1. The molecule has 0 aromatic heterocycles. The number of carbonyl (C=O) groups is 1. The highest BCUT2D eigenvalue weighted by Crippen LogP contribution is 2.10. The van der Waals surface area contributed by atoms with E-state index in [9.17, 15) is 14.3 Å². The Kier molecular flexibility index (Phi) is 3.93. The van der Waals surface area contributed by atoms with Gasteiger partial charge in [-0.2, -0.15) is 0 Å². The molecule has 1 heterocycles. The number of halogens is 1. The minimum Gasteiger partial charge on any atom is -0.392 e. The Bertz CT molecular complexity index is 451. The Morgan fingerprint density at radius 3 is 3.00 bits per heavy atom. The molecule has 0 bridgehead atoms. The normalized spacial score (nSPS) is 23.1. The maximum atomic E-state index is 13.3. The maximum absolute atomic E-state index is 13.3. The molecule has 98 valence electrons. The van der Waals surface area contributed by atoms with Gasteiger partial charge in [-0.25, -0.2) is 4.39 Å². The molecule has 0 unspecified atom stereocenters. The van der Waals surface area contributed by atoms with Gasteiger partial charge in [0.2, 0.25) is 5.91 Å². The van der Waals surface area contributed by atoms with Gasteiger partial charge in [0.25, 0.3) is 0 Å². The van der Waals surface area contributed by atoms with Crippen LogP contribution in [0.25, 0.3) is 0 Å². The second kappa shape index (κ2) is 5.46. The number of benzene rings is 1. The first kappa shape index (κ1) is 13.0. The Hall–Kier alpha value is -1.46. The highest BCUT2D eigenvalue weighted by atomic mass is 19.1. The third-order valence-corrected chi connectivity index (χ3v) is 3.13. The summed E-state index contributed by atoms with van der Waals surface area (Å²) in [6.45, 7) is 2.43. The molecule has 1 aliphatic rings. The summed E-state index contributed by atoms with van der Waals surface area (Å²) in [5.74, 6) is -0.427. The van der Waals surface area contributed by atoms with Crippen molar-refractivity contribution in [2.75, 3.05) is 6.54 Å². The second-order valence-electron chi connectivity index (χ2n) is 4.65. The number of aliphatic hydroxyl groups excluding tert-OH is 1. The van der Waals surface area contributed by atoms with E-state index in [1.807, 2.05) is 0 Å². The van der Waals surface area contributed by atoms with Gasteiger partial charge in [-0.05, 0) is 30.5 Å². The van der Waals surface area contributed by atoms with Gasteiger partial charge in [0, 0.05) is 13.1 Å². The molecule has 0 radical (unpaired) electrons. The molecule has 0 saturated carbocycles. The molecule has 18 heavy (non-hydrogen) atoms. The molecule has 1 aromatic carbocycles. The van der Waals surface area contributed by atoms with Crippen LogP contribution in [0.1, 0.15) is 17.5 Å². The zero-order valence-corrected chi connectivity index (χ0v) is 10.2. The molecule has 1 saturated heterocycles. The van der Waals surface area contributed by atoms with Gasteiger partial charge in [0.1, 0.15) is 5.82 Å². The lowest BCUT2D eigenvalue weighted by Gasteiger charge is -2.11. The van der Waals surface area contributed by atoms with E-state index in [2.05, 4.69) is 10.6 Å². The lowest BCUT2D eigenvalue weighted by molar-refractivity contribution is -0.123. The van der Waals surface area contributed by atoms with E-state index in [1.54, 1.807) is 19.1 Å². The number of carbonyl (C=O) groups excluding carboxylic acids is 1. The van der Waals surface area contributed by atoms with Gasteiger partial charge < -0.3 is 15.7 Å². The fraction of sp³-hybridized carbons (Fsp3) is 0.462. The fourth-order valence-corrected chi connectivity index (χ4v) is 1.98. The fourth-order valence-electron chi connectivity index (χ4n) is 1.98. The van der Waals surface area contributed by atoms with Crippen LogP contribution in [0.15, 0.2) is 18.2 Å². The van der Waals surface area contributed by atoms with Gasteiger partial charge in [-0.1, -0.05) is 12.1 Å². The van der Waals surface area contributed by atoms with Gasteiger partial charge >= 0.3 is 0 Å². The Morgan fingerprint density at radius 2 is 2.39 bits per heavy atom. The van der Waals surface area contributed by atoms with Crippen LogP contribution in [0.3, 0.4) is 0 Å². The van der Waals surface area contributed by atoms with E-state index in [1.165, 1.54) is 6.07 Å². The van der Waals surface area contributed by atoms with E-state index in [0.29, 0.717) is 25.1 Å². The Balaban J connectivity index is 1.87. The lowest BCUT2D eigenvalue weighted by Crippen LogP contribution is -2.40. The number of rotatable bonds is 3. The number of nitrogens with one attached hydrogen (secondary N) is 2. The number of hydrogen-bond acceptors (Lipinski definition) is 3. The predicted octanol–water partition coefficient (Wildman–Crippen LogP) is 0.473. The summed E-state index contributed by atoms with van der Waals surface area (Å²) >= 11 is 0. The van der Waals surface area contributed by atoms with Crippen molar-refractivity contribution < 1.29 is 14.3 Å². The van der Waals surface area contributed by atoms with Crippen LogP contribution in [0, 0.1) is 12.7 Å². The van der Waals surface area contributed by atoms with E-state index in [0.717, 1.165) is 5.56 Å². The van der Waals surface area contributed by atoms with Crippen molar-refractivity contribution in [3.05, 3.63) is 35.1 Å². The zero-order valence-electron chi connectivity index (χ0n) is 10.2. The minimum atomic E-state index is -0.461. The van der Waals surface area contributed by atoms with Crippen molar-refractivity contribution in [1.82, 2.24) is 10.6 Å². The van der Waals surface area contributed by atoms with Crippen LogP contribution in [0.2, 0.25) is 0 Å². The number of β-amino-alcohol motifs (C(OH)–C–C–N with tert-alkyl or cyclic N) is 1. The summed E-state index contributed by atoms with van der Waals surface area (Å²) < 4.78 is 13.3. The SMILES string of the molecule is Cc1ccc(CNC(=O)[C@H]2C[C@@H](O)CN2)cc1F. The quantitative estimate of drug-likeness (QED) is 0.733. The molecule has 1 amide bonds. The topological polar surface area (TPSA) is 61.4 Å². The van der Waals surface area contributed by atoms with Crippen LogP contribution in [-0.4, -0.2) is 29.7 Å². The third-order valence-electron chi connectivity index (χ3n) is 3.13. The molecule has 1 aromatic rings. The van der Waals surface area contributed by atoms with Crippen molar-refractivity contribution in [2.24, 2.45) is 0 Å². The summed E-state index contributed by atoms with van der Waals surface area (Å²) in [6, 6.07) is 4.55. The third kappa shape index (κ3) is 3.05. The molecule has 0 aliphatic carbocycles. The molecule has 1 aliphatic heterocycles. The first-order valence-electron chi connectivity index (χ1n) is 6.00. The van der Waals surface area contributed by atoms with Crippen molar-refractivity contribution in [3.8, 4) is 0 Å². The van der Waals surface area contributed by atoms with E-state index >= 15 is 0 Å².